The molecule has 1 aromatic carbocycles. The molecule has 1 fully saturated rings. The summed E-state index contributed by atoms with van der Waals surface area (Å²) in [5.74, 6) is 0.875. The summed E-state index contributed by atoms with van der Waals surface area (Å²) in [6.07, 6.45) is 7.71. The van der Waals surface area contributed by atoms with Gasteiger partial charge in [0.2, 0.25) is 0 Å². The van der Waals surface area contributed by atoms with E-state index in [1.54, 1.807) is 5.57 Å². The second-order valence-corrected chi connectivity index (χ2v) is 5.47. The first kappa shape index (κ1) is 10.9. The standard InChI is InChI=1S/C14H17Br/c1-11-3-2-4-13(9-11)10-12-5-7-14(15)8-6-12/h5-8,10-11H,2-4,9H2,1H3/b13-10-. The molecule has 0 amide bonds. The van der Waals surface area contributed by atoms with E-state index in [4.69, 9.17) is 0 Å². The van der Waals surface area contributed by atoms with Gasteiger partial charge >= 0.3 is 0 Å². The lowest BCUT2D eigenvalue weighted by Crippen LogP contribution is -2.03. The van der Waals surface area contributed by atoms with Gasteiger partial charge in [0, 0.05) is 4.47 Å². The molecule has 0 spiro atoms. The van der Waals surface area contributed by atoms with Crippen molar-refractivity contribution in [3.8, 4) is 0 Å². The van der Waals surface area contributed by atoms with Crippen LogP contribution in [0, 0.1) is 5.92 Å². The van der Waals surface area contributed by atoms with Crippen LogP contribution in [-0.2, 0) is 0 Å². The lowest BCUT2D eigenvalue weighted by Gasteiger charge is -2.20. The van der Waals surface area contributed by atoms with Crippen LogP contribution in [0.4, 0.5) is 0 Å². The van der Waals surface area contributed by atoms with Gasteiger partial charge in [-0.1, -0.05) is 53.1 Å². The molecule has 1 unspecified atom stereocenters. The van der Waals surface area contributed by atoms with E-state index in [1.165, 1.54) is 31.2 Å². The summed E-state index contributed by atoms with van der Waals surface area (Å²) >= 11 is 3.46. The van der Waals surface area contributed by atoms with Crippen LogP contribution >= 0.6 is 15.9 Å². The quantitative estimate of drug-likeness (QED) is 0.667. The van der Waals surface area contributed by atoms with E-state index >= 15 is 0 Å². The second-order valence-electron chi connectivity index (χ2n) is 4.56. The molecule has 1 aliphatic carbocycles. The molecule has 0 aromatic heterocycles. The molecule has 2 rings (SSSR count). The molecule has 1 aliphatic rings. The Hall–Kier alpha value is -0.560. The monoisotopic (exact) mass is 264 g/mol. The second kappa shape index (κ2) is 4.98. The molecule has 80 valence electrons. The maximum Gasteiger partial charge on any atom is 0.0175 e. The number of rotatable bonds is 1. The molecule has 0 saturated heterocycles. The van der Waals surface area contributed by atoms with Crippen molar-refractivity contribution in [3.63, 3.8) is 0 Å². The van der Waals surface area contributed by atoms with E-state index < -0.39 is 0 Å². The van der Waals surface area contributed by atoms with Crippen molar-refractivity contribution in [1.82, 2.24) is 0 Å². The van der Waals surface area contributed by atoms with E-state index in [0.29, 0.717) is 0 Å². The number of allylic oxidation sites excluding steroid dienone is 1. The third-order valence-corrected chi connectivity index (χ3v) is 3.57. The minimum atomic E-state index is 0.875. The fraction of sp³-hybridized carbons (Fsp3) is 0.429. The van der Waals surface area contributed by atoms with Gasteiger partial charge in [0.25, 0.3) is 0 Å². The Balaban J connectivity index is 2.11. The Labute approximate surface area is 101 Å². The molecule has 0 N–H and O–H groups in total. The Bertz CT molecular complexity index is 348. The van der Waals surface area contributed by atoms with Crippen LogP contribution in [0.1, 0.15) is 38.2 Å². The summed E-state index contributed by atoms with van der Waals surface area (Å²) in [5.41, 5.74) is 2.96. The van der Waals surface area contributed by atoms with Gasteiger partial charge < -0.3 is 0 Å². The molecule has 0 aliphatic heterocycles. The predicted molar refractivity (Wildman–Crippen MR) is 69.8 cm³/mol. The molecule has 0 nitrogen and oxygen atoms in total. The smallest absolute Gasteiger partial charge is 0.0175 e. The molecule has 0 bridgehead atoms. The van der Waals surface area contributed by atoms with Crippen LogP contribution < -0.4 is 0 Å². The van der Waals surface area contributed by atoms with E-state index in [0.717, 1.165) is 10.4 Å². The highest BCUT2D eigenvalue weighted by Crippen LogP contribution is 2.29. The largest absolute Gasteiger partial charge is 0.0694 e. The highest BCUT2D eigenvalue weighted by molar-refractivity contribution is 9.10. The van der Waals surface area contributed by atoms with Gasteiger partial charge in [0.15, 0.2) is 0 Å². The first-order chi connectivity index (χ1) is 7.24. The highest BCUT2D eigenvalue weighted by Gasteiger charge is 2.12. The first-order valence-electron chi connectivity index (χ1n) is 5.69. The fourth-order valence-electron chi connectivity index (χ4n) is 2.26. The zero-order chi connectivity index (χ0) is 10.7. The van der Waals surface area contributed by atoms with Gasteiger partial charge in [-0.2, -0.15) is 0 Å². The summed E-state index contributed by atoms with van der Waals surface area (Å²) in [7, 11) is 0. The summed E-state index contributed by atoms with van der Waals surface area (Å²) in [4.78, 5) is 0. The van der Waals surface area contributed by atoms with Crippen molar-refractivity contribution in [2.45, 2.75) is 32.6 Å². The molecule has 1 heteroatoms. The van der Waals surface area contributed by atoms with E-state index in [2.05, 4.69) is 53.2 Å². The molecule has 1 saturated carbocycles. The Kier molecular flexibility index (Phi) is 3.63. The van der Waals surface area contributed by atoms with Gasteiger partial charge in [-0.15, -0.1) is 0 Å². The van der Waals surface area contributed by atoms with Gasteiger partial charge in [-0.3, -0.25) is 0 Å². The molecule has 1 aromatic rings. The van der Waals surface area contributed by atoms with Crippen molar-refractivity contribution in [3.05, 3.63) is 39.9 Å². The highest BCUT2D eigenvalue weighted by atomic mass is 79.9. The average molecular weight is 265 g/mol. The van der Waals surface area contributed by atoms with Crippen LogP contribution in [0.3, 0.4) is 0 Å². The van der Waals surface area contributed by atoms with Crippen LogP contribution in [0.25, 0.3) is 6.08 Å². The minimum Gasteiger partial charge on any atom is -0.0694 e. The number of benzene rings is 1. The zero-order valence-electron chi connectivity index (χ0n) is 9.17. The molecule has 0 radical (unpaired) electrons. The van der Waals surface area contributed by atoms with Gasteiger partial charge in [0.05, 0.1) is 0 Å². The van der Waals surface area contributed by atoms with Crippen molar-refractivity contribution in [2.75, 3.05) is 0 Å². The van der Waals surface area contributed by atoms with E-state index in [-0.39, 0.29) is 0 Å². The average Bonchev–Trinajstić information content (AvgIpc) is 2.22. The number of hydrogen-bond acceptors (Lipinski definition) is 0. The summed E-state index contributed by atoms with van der Waals surface area (Å²) in [6, 6.07) is 8.57. The Morgan fingerprint density at radius 1 is 1.27 bits per heavy atom. The maximum atomic E-state index is 3.46. The van der Waals surface area contributed by atoms with Gasteiger partial charge in [0.1, 0.15) is 0 Å². The van der Waals surface area contributed by atoms with E-state index in [1.807, 2.05) is 0 Å². The predicted octanol–water partition coefficient (Wildman–Crippen LogP) is 5.04. The summed E-state index contributed by atoms with van der Waals surface area (Å²) in [5, 5.41) is 0. The minimum absolute atomic E-state index is 0.875. The lowest BCUT2D eigenvalue weighted by atomic mass is 9.86. The first-order valence-corrected chi connectivity index (χ1v) is 6.48. The van der Waals surface area contributed by atoms with Crippen LogP contribution in [0.5, 0.6) is 0 Å². The molecule has 15 heavy (non-hydrogen) atoms. The molecule has 0 heterocycles. The van der Waals surface area contributed by atoms with Crippen molar-refractivity contribution < 1.29 is 0 Å². The molecular formula is C14H17Br. The SMILES string of the molecule is CC1CCC/C(=C/c2ccc(Br)cc2)C1. The van der Waals surface area contributed by atoms with Crippen molar-refractivity contribution in [1.29, 1.82) is 0 Å². The number of halogens is 1. The molecular weight excluding hydrogens is 248 g/mol. The van der Waals surface area contributed by atoms with Crippen LogP contribution in [-0.4, -0.2) is 0 Å². The normalized spacial score (nSPS) is 24.4. The fourth-order valence-corrected chi connectivity index (χ4v) is 2.52. The van der Waals surface area contributed by atoms with Crippen LogP contribution in [0.2, 0.25) is 0 Å². The number of hydrogen-bond donors (Lipinski definition) is 0. The van der Waals surface area contributed by atoms with Crippen molar-refractivity contribution >= 4 is 22.0 Å². The lowest BCUT2D eigenvalue weighted by molar-refractivity contribution is 0.455. The van der Waals surface area contributed by atoms with E-state index in [9.17, 15) is 0 Å². The zero-order valence-corrected chi connectivity index (χ0v) is 10.8. The molecule has 1 atom stereocenters. The third-order valence-electron chi connectivity index (χ3n) is 3.05. The van der Waals surface area contributed by atoms with Gasteiger partial charge in [-0.05, 0) is 42.9 Å². The maximum absolute atomic E-state index is 3.46. The van der Waals surface area contributed by atoms with Crippen molar-refractivity contribution in [2.24, 2.45) is 5.92 Å². The third kappa shape index (κ3) is 3.20. The Morgan fingerprint density at radius 3 is 2.67 bits per heavy atom. The van der Waals surface area contributed by atoms with Gasteiger partial charge in [-0.25, -0.2) is 0 Å². The topological polar surface area (TPSA) is 0 Å². The Morgan fingerprint density at radius 2 is 2.00 bits per heavy atom. The van der Waals surface area contributed by atoms with Crippen LogP contribution in [0.15, 0.2) is 34.3 Å². The summed E-state index contributed by atoms with van der Waals surface area (Å²) in [6.45, 7) is 2.36. The summed E-state index contributed by atoms with van der Waals surface area (Å²) < 4.78 is 1.15.